The summed E-state index contributed by atoms with van der Waals surface area (Å²) in [5.41, 5.74) is 1.58. The number of carboxylic acid groups (broad SMARTS) is 1. The highest BCUT2D eigenvalue weighted by Crippen LogP contribution is 2.73. The van der Waals surface area contributed by atoms with Crippen molar-refractivity contribution in [2.45, 2.75) is 146 Å². The number of carbonyl (C=O) groups is 4. The molecule has 0 radical (unpaired) electrons. The quantitative estimate of drug-likeness (QED) is 0.112. The van der Waals surface area contributed by atoms with E-state index < -0.39 is 29.6 Å². The molecule has 4 aliphatic rings. The minimum Gasteiger partial charge on any atom is -0.478 e. The van der Waals surface area contributed by atoms with Crippen molar-refractivity contribution in [3.63, 3.8) is 0 Å². The Kier molecular flexibility index (Phi) is 10.5. The number of carbonyl (C=O) groups excluding carboxylic acids is 3. The van der Waals surface area contributed by atoms with Gasteiger partial charge in [-0.15, -0.1) is 0 Å². The van der Waals surface area contributed by atoms with Gasteiger partial charge in [0.25, 0.3) is 0 Å². The maximum atomic E-state index is 12.7. The Bertz CT molecular complexity index is 1330. The van der Waals surface area contributed by atoms with Crippen LogP contribution in [0.25, 0.3) is 0 Å². The fourth-order valence-electron chi connectivity index (χ4n) is 10.8. The Morgan fingerprint density at radius 2 is 1.53 bits per heavy atom. The molecule has 264 valence electrons. The summed E-state index contributed by atoms with van der Waals surface area (Å²) < 4.78 is 24.7. The van der Waals surface area contributed by atoms with E-state index in [1.54, 1.807) is 13.0 Å². The highest BCUT2D eigenvalue weighted by atomic mass is 16.6. The average molecular weight is 659 g/mol. The van der Waals surface area contributed by atoms with Crippen LogP contribution < -0.4 is 0 Å². The molecule has 1 unspecified atom stereocenters. The number of rotatable bonds is 10. The summed E-state index contributed by atoms with van der Waals surface area (Å²) in [7, 11) is 0. The molecule has 0 heterocycles. The number of fused-ring (bicyclic) bond motifs is 4. The number of allylic oxidation sites excluding steroid dienone is 1. The van der Waals surface area contributed by atoms with Crippen molar-refractivity contribution in [3.8, 4) is 0 Å². The number of esters is 3. The van der Waals surface area contributed by atoms with Gasteiger partial charge in [-0.25, -0.2) is 4.79 Å². The monoisotopic (exact) mass is 658 g/mol. The Morgan fingerprint density at radius 1 is 0.915 bits per heavy atom. The molecule has 0 amide bonds. The lowest BCUT2D eigenvalue weighted by Crippen LogP contribution is -2.60. The van der Waals surface area contributed by atoms with Gasteiger partial charge in [-0.05, 0) is 86.5 Å². The predicted octanol–water partition coefficient (Wildman–Crippen LogP) is 7.21. The van der Waals surface area contributed by atoms with Crippen molar-refractivity contribution in [3.05, 3.63) is 22.8 Å². The second-order valence-corrected chi connectivity index (χ2v) is 16.0. The number of hydrogen-bond acceptors (Lipinski definition) is 8. The summed E-state index contributed by atoms with van der Waals surface area (Å²) in [5.74, 6) is -1.89. The highest BCUT2D eigenvalue weighted by Gasteiger charge is 2.70. The van der Waals surface area contributed by atoms with Crippen LogP contribution in [0.15, 0.2) is 22.8 Å². The molecule has 0 spiro atoms. The zero-order valence-electron chi connectivity index (χ0n) is 30.5. The first-order valence-corrected chi connectivity index (χ1v) is 17.5. The molecule has 4 rings (SSSR count). The van der Waals surface area contributed by atoms with Gasteiger partial charge < -0.3 is 24.1 Å². The molecule has 0 aromatic carbocycles. The van der Waals surface area contributed by atoms with Gasteiger partial charge in [-0.3, -0.25) is 14.4 Å². The molecule has 0 saturated heterocycles. The highest BCUT2D eigenvalue weighted by molar-refractivity contribution is 5.85. The fraction of sp³-hybridized carbons (Fsp3) is 0.789. The first kappa shape index (κ1) is 37.1. The van der Waals surface area contributed by atoms with Gasteiger partial charge in [0.05, 0.1) is 6.10 Å². The smallest absolute Gasteiger partial charge is 0.330 e. The van der Waals surface area contributed by atoms with Crippen LogP contribution in [0.5, 0.6) is 0 Å². The Labute approximate surface area is 281 Å². The van der Waals surface area contributed by atoms with Crippen LogP contribution in [0.1, 0.15) is 121 Å². The van der Waals surface area contributed by atoms with E-state index in [2.05, 4.69) is 41.5 Å². The summed E-state index contributed by atoms with van der Waals surface area (Å²) in [6.07, 6.45) is 5.40. The van der Waals surface area contributed by atoms with E-state index in [9.17, 15) is 24.3 Å². The second-order valence-electron chi connectivity index (χ2n) is 16.0. The molecule has 0 bridgehead atoms. The summed E-state index contributed by atoms with van der Waals surface area (Å²) >= 11 is 0. The van der Waals surface area contributed by atoms with E-state index in [4.69, 9.17) is 18.9 Å². The lowest BCUT2D eigenvalue weighted by Gasteiger charge is -2.64. The maximum Gasteiger partial charge on any atom is 0.330 e. The number of aliphatic carboxylic acids is 1. The van der Waals surface area contributed by atoms with Crippen molar-refractivity contribution < 1.29 is 43.2 Å². The van der Waals surface area contributed by atoms with Crippen molar-refractivity contribution in [2.24, 2.45) is 39.4 Å². The molecule has 0 aliphatic heterocycles. The lowest BCUT2D eigenvalue weighted by molar-refractivity contribution is -0.173. The van der Waals surface area contributed by atoms with Crippen molar-refractivity contribution in [1.82, 2.24) is 0 Å². The van der Waals surface area contributed by atoms with Crippen LogP contribution in [0.3, 0.4) is 0 Å². The third kappa shape index (κ3) is 6.30. The molecule has 47 heavy (non-hydrogen) atoms. The largest absolute Gasteiger partial charge is 0.478 e. The molecule has 2 saturated carbocycles. The van der Waals surface area contributed by atoms with Gasteiger partial charge in [0.1, 0.15) is 18.3 Å². The van der Waals surface area contributed by atoms with Gasteiger partial charge in [0.2, 0.25) is 0 Å². The van der Waals surface area contributed by atoms with E-state index in [1.165, 1.54) is 31.9 Å². The maximum absolute atomic E-state index is 12.7. The first-order valence-electron chi connectivity index (χ1n) is 17.5. The van der Waals surface area contributed by atoms with Crippen molar-refractivity contribution in [2.75, 3.05) is 6.61 Å². The van der Waals surface area contributed by atoms with E-state index in [1.807, 2.05) is 6.92 Å². The lowest BCUT2D eigenvalue weighted by atomic mass is 9.42. The zero-order chi connectivity index (χ0) is 35.3. The molecular weight excluding hydrogens is 600 g/mol. The van der Waals surface area contributed by atoms with Crippen LogP contribution in [-0.2, 0) is 38.1 Å². The summed E-state index contributed by atoms with van der Waals surface area (Å²) in [6.45, 7) is 22.0. The normalized spacial score (nSPS) is 37.5. The minimum absolute atomic E-state index is 0.0118. The number of carboxylic acids is 1. The fourth-order valence-corrected chi connectivity index (χ4v) is 10.8. The third-order valence-electron chi connectivity index (χ3n) is 13.3. The van der Waals surface area contributed by atoms with Gasteiger partial charge in [0.15, 0.2) is 0 Å². The van der Waals surface area contributed by atoms with Gasteiger partial charge in [-0.2, -0.15) is 0 Å². The first-order chi connectivity index (χ1) is 21.7. The van der Waals surface area contributed by atoms with Crippen molar-refractivity contribution in [1.29, 1.82) is 0 Å². The van der Waals surface area contributed by atoms with Gasteiger partial charge >= 0.3 is 23.9 Å². The standard InChI is InChI=1S/C38H58O9/c1-12-44-29-20-30-35(7,8)31(46-24(5)40)16-17-36(30,9)26-15-18-37(10)27(19-32(47-25(6)41)38(37,11)33(26)29)22(3)28(45-23(4)39)14-13-21(2)34(42)43/h13,22,27-32H,12,14-20H2,1-11H3,(H,42,43)/b21-13-/t22-,27+,28?,29-,30-,31+,32-,36+,37+,38-/m0/s1. The molecular formula is C38H58O9. The van der Waals surface area contributed by atoms with E-state index >= 15 is 0 Å². The molecule has 10 atom stereocenters. The van der Waals surface area contributed by atoms with Crippen molar-refractivity contribution >= 4 is 23.9 Å². The SMILES string of the molecule is CCO[C@H]1C[C@H]2C(C)(C)[C@H](OC(C)=O)CC[C@]2(C)C2=C1[C@]1(C)[C@@H](OC(C)=O)C[C@H]([C@H](C)C(C/C=C(/C)C(=O)O)OC(C)=O)[C@@]1(C)CC2. The molecule has 9 nitrogen and oxygen atoms in total. The van der Waals surface area contributed by atoms with Gasteiger partial charge in [0, 0.05) is 50.2 Å². The number of ether oxygens (including phenoxy) is 4. The Morgan fingerprint density at radius 3 is 2.09 bits per heavy atom. The van der Waals surface area contributed by atoms with Crippen LogP contribution in [-0.4, -0.2) is 60.0 Å². The topological polar surface area (TPSA) is 125 Å². The predicted molar refractivity (Wildman–Crippen MR) is 177 cm³/mol. The van der Waals surface area contributed by atoms with Crippen LogP contribution in [0.4, 0.5) is 0 Å². The zero-order valence-corrected chi connectivity index (χ0v) is 30.5. The van der Waals surface area contributed by atoms with Crippen LogP contribution in [0, 0.1) is 39.4 Å². The molecule has 1 N–H and O–H groups in total. The third-order valence-corrected chi connectivity index (χ3v) is 13.3. The van der Waals surface area contributed by atoms with Crippen LogP contribution >= 0.6 is 0 Å². The van der Waals surface area contributed by atoms with E-state index in [0.29, 0.717) is 13.0 Å². The molecule has 9 heteroatoms. The number of hydrogen-bond donors (Lipinski definition) is 1. The van der Waals surface area contributed by atoms with Crippen LogP contribution in [0.2, 0.25) is 0 Å². The molecule has 2 fully saturated rings. The average Bonchev–Trinajstić information content (AvgIpc) is 3.19. The second kappa shape index (κ2) is 13.3. The minimum atomic E-state index is -1.00. The van der Waals surface area contributed by atoms with Gasteiger partial charge in [-0.1, -0.05) is 53.2 Å². The molecule has 4 aliphatic carbocycles. The Hall–Kier alpha value is -2.68. The summed E-state index contributed by atoms with van der Waals surface area (Å²) in [5, 5.41) is 9.48. The summed E-state index contributed by atoms with van der Waals surface area (Å²) in [6, 6.07) is 0. The van der Waals surface area contributed by atoms with E-state index in [-0.39, 0.29) is 70.1 Å². The molecule has 0 aromatic rings. The Balaban J connectivity index is 1.86. The molecule has 0 aromatic heterocycles. The van der Waals surface area contributed by atoms with E-state index in [0.717, 1.165) is 32.1 Å². The summed E-state index contributed by atoms with van der Waals surface area (Å²) in [4.78, 5) is 48.7.